The van der Waals surface area contributed by atoms with Crippen molar-refractivity contribution in [1.29, 1.82) is 0 Å². The molecule has 0 fully saturated rings. The predicted molar refractivity (Wildman–Crippen MR) is 94.5 cm³/mol. The molecule has 0 saturated carbocycles. The lowest BCUT2D eigenvalue weighted by Gasteiger charge is -2.09. The fraction of sp³-hybridized carbons (Fsp3) is 0.278. The lowest BCUT2D eigenvalue weighted by atomic mass is 10.1. The Balaban J connectivity index is 1.65. The number of hydrogen-bond acceptors (Lipinski definition) is 3. The molecular formula is C18H20N2O3S. The summed E-state index contributed by atoms with van der Waals surface area (Å²) in [6, 6.07) is 12.9. The van der Waals surface area contributed by atoms with E-state index in [-0.39, 0.29) is 5.91 Å². The van der Waals surface area contributed by atoms with Crippen LogP contribution in [0.3, 0.4) is 0 Å². The monoisotopic (exact) mass is 344 g/mol. The number of carbonyl (C=O) groups excluding carboxylic acids is 1. The quantitative estimate of drug-likeness (QED) is 0.875. The third-order valence-electron chi connectivity index (χ3n) is 4.04. The van der Waals surface area contributed by atoms with Crippen LogP contribution < -0.4 is 10.0 Å². The van der Waals surface area contributed by atoms with Crippen LogP contribution in [0.4, 0.5) is 5.69 Å². The third-order valence-corrected chi connectivity index (χ3v) is 4.65. The largest absolute Gasteiger partial charge is 0.348 e. The lowest BCUT2D eigenvalue weighted by Crippen LogP contribution is -2.23. The lowest BCUT2D eigenvalue weighted by molar-refractivity contribution is 0.0951. The fourth-order valence-electron chi connectivity index (χ4n) is 2.96. The summed E-state index contributed by atoms with van der Waals surface area (Å²) in [5.74, 6) is -0.119. The second kappa shape index (κ2) is 6.65. The molecule has 0 aromatic heterocycles. The zero-order chi connectivity index (χ0) is 17.2. The van der Waals surface area contributed by atoms with E-state index >= 15 is 0 Å². The van der Waals surface area contributed by atoms with Gasteiger partial charge in [0, 0.05) is 17.8 Å². The SMILES string of the molecule is CS(=O)(=O)Nc1cccc(CNC(=O)c2ccc3c(c2)CCC3)c1. The molecule has 6 heteroatoms. The van der Waals surface area contributed by atoms with Crippen LogP contribution in [0.25, 0.3) is 0 Å². The minimum absolute atomic E-state index is 0.119. The molecule has 2 N–H and O–H groups in total. The van der Waals surface area contributed by atoms with E-state index in [0.717, 1.165) is 31.1 Å². The smallest absolute Gasteiger partial charge is 0.251 e. The van der Waals surface area contributed by atoms with Gasteiger partial charge in [0.05, 0.1) is 6.26 Å². The van der Waals surface area contributed by atoms with E-state index in [2.05, 4.69) is 10.0 Å². The second-order valence-electron chi connectivity index (χ2n) is 6.09. The summed E-state index contributed by atoms with van der Waals surface area (Å²) in [5, 5.41) is 2.88. The van der Waals surface area contributed by atoms with Gasteiger partial charge in [-0.15, -0.1) is 0 Å². The van der Waals surface area contributed by atoms with E-state index in [4.69, 9.17) is 0 Å². The molecule has 1 aliphatic rings. The Labute approximate surface area is 142 Å². The van der Waals surface area contributed by atoms with Gasteiger partial charge in [0.1, 0.15) is 0 Å². The van der Waals surface area contributed by atoms with Crippen LogP contribution in [0.5, 0.6) is 0 Å². The van der Waals surface area contributed by atoms with Crippen molar-refractivity contribution in [3.05, 3.63) is 64.7 Å². The molecule has 3 rings (SSSR count). The normalized spacial score (nSPS) is 13.4. The highest BCUT2D eigenvalue weighted by Crippen LogP contribution is 2.22. The molecule has 0 heterocycles. The summed E-state index contributed by atoms with van der Waals surface area (Å²) >= 11 is 0. The zero-order valence-corrected chi connectivity index (χ0v) is 14.3. The minimum Gasteiger partial charge on any atom is -0.348 e. The van der Waals surface area contributed by atoms with Gasteiger partial charge in [-0.25, -0.2) is 8.42 Å². The number of carbonyl (C=O) groups is 1. The highest BCUT2D eigenvalue weighted by Gasteiger charge is 2.13. The molecule has 0 unspecified atom stereocenters. The molecule has 0 atom stereocenters. The number of nitrogens with one attached hydrogen (secondary N) is 2. The molecule has 0 spiro atoms. The van der Waals surface area contributed by atoms with Crippen LogP contribution in [0, 0.1) is 0 Å². The van der Waals surface area contributed by atoms with Gasteiger partial charge in [0.15, 0.2) is 0 Å². The van der Waals surface area contributed by atoms with Crippen LogP contribution in [-0.4, -0.2) is 20.6 Å². The van der Waals surface area contributed by atoms with E-state index in [1.54, 1.807) is 18.2 Å². The third kappa shape index (κ3) is 4.14. The average molecular weight is 344 g/mol. The van der Waals surface area contributed by atoms with Crippen molar-refractivity contribution in [3.63, 3.8) is 0 Å². The first-order valence-corrected chi connectivity index (χ1v) is 9.76. The molecule has 0 radical (unpaired) electrons. The van der Waals surface area contributed by atoms with Gasteiger partial charge in [-0.1, -0.05) is 18.2 Å². The first kappa shape index (κ1) is 16.5. The highest BCUT2D eigenvalue weighted by atomic mass is 32.2. The maximum atomic E-state index is 12.3. The number of amides is 1. The van der Waals surface area contributed by atoms with E-state index in [0.29, 0.717) is 17.8 Å². The van der Waals surface area contributed by atoms with Gasteiger partial charge in [0.25, 0.3) is 5.91 Å². The zero-order valence-electron chi connectivity index (χ0n) is 13.5. The van der Waals surface area contributed by atoms with E-state index < -0.39 is 10.0 Å². The van der Waals surface area contributed by atoms with Gasteiger partial charge < -0.3 is 5.32 Å². The van der Waals surface area contributed by atoms with Crippen LogP contribution in [0.1, 0.15) is 33.5 Å². The number of hydrogen-bond donors (Lipinski definition) is 2. The summed E-state index contributed by atoms with van der Waals surface area (Å²) in [5.41, 5.74) is 4.59. The number of aryl methyl sites for hydroxylation is 2. The Kier molecular flexibility index (Phi) is 4.57. The number of rotatable bonds is 5. The van der Waals surface area contributed by atoms with Crippen LogP contribution >= 0.6 is 0 Å². The van der Waals surface area contributed by atoms with Crippen molar-refractivity contribution < 1.29 is 13.2 Å². The van der Waals surface area contributed by atoms with Crippen molar-refractivity contribution in [2.75, 3.05) is 11.0 Å². The molecule has 1 amide bonds. The molecule has 1 aliphatic carbocycles. The van der Waals surface area contributed by atoms with E-state index in [9.17, 15) is 13.2 Å². The maximum absolute atomic E-state index is 12.3. The second-order valence-corrected chi connectivity index (χ2v) is 7.84. The molecule has 2 aromatic carbocycles. The number of benzene rings is 2. The maximum Gasteiger partial charge on any atom is 0.251 e. The summed E-state index contributed by atoms with van der Waals surface area (Å²) < 4.78 is 25.0. The molecule has 0 bridgehead atoms. The van der Waals surface area contributed by atoms with Crippen molar-refractivity contribution in [1.82, 2.24) is 5.32 Å². The average Bonchev–Trinajstić information content (AvgIpc) is 2.99. The van der Waals surface area contributed by atoms with Gasteiger partial charge >= 0.3 is 0 Å². The van der Waals surface area contributed by atoms with Crippen LogP contribution in [-0.2, 0) is 29.4 Å². The summed E-state index contributed by atoms with van der Waals surface area (Å²) in [6.45, 7) is 0.342. The fourth-order valence-corrected chi connectivity index (χ4v) is 3.51. The van der Waals surface area contributed by atoms with Crippen molar-refractivity contribution in [2.24, 2.45) is 0 Å². The summed E-state index contributed by atoms with van der Waals surface area (Å²) in [7, 11) is -3.31. The molecule has 2 aromatic rings. The van der Waals surface area contributed by atoms with E-state index in [1.807, 2.05) is 24.3 Å². The summed E-state index contributed by atoms with van der Waals surface area (Å²) in [4.78, 5) is 12.3. The number of anilines is 1. The minimum atomic E-state index is -3.31. The predicted octanol–water partition coefficient (Wildman–Crippen LogP) is 2.48. The molecule has 0 aliphatic heterocycles. The molecule has 24 heavy (non-hydrogen) atoms. The Bertz CT molecular complexity index is 876. The topological polar surface area (TPSA) is 75.3 Å². The molecule has 0 saturated heterocycles. The Morgan fingerprint density at radius 1 is 1.08 bits per heavy atom. The Morgan fingerprint density at radius 3 is 2.67 bits per heavy atom. The van der Waals surface area contributed by atoms with Gasteiger partial charge in [-0.2, -0.15) is 0 Å². The van der Waals surface area contributed by atoms with Gasteiger partial charge in [0.2, 0.25) is 10.0 Å². The van der Waals surface area contributed by atoms with E-state index in [1.165, 1.54) is 11.1 Å². The van der Waals surface area contributed by atoms with Crippen LogP contribution in [0.2, 0.25) is 0 Å². The van der Waals surface area contributed by atoms with Gasteiger partial charge in [-0.3, -0.25) is 9.52 Å². The summed E-state index contributed by atoms with van der Waals surface area (Å²) in [6.07, 6.45) is 4.39. The molecule has 5 nitrogen and oxygen atoms in total. The first-order valence-electron chi connectivity index (χ1n) is 7.87. The number of sulfonamides is 1. The first-order chi connectivity index (χ1) is 11.4. The Morgan fingerprint density at radius 2 is 1.88 bits per heavy atom. The Hall–Kier alpha value is -2.34. The van der Waals surface area contributed by atoms with Crippen molar-refractivity contribution in [3.8, 4) is 0 Å². The number of fused-ring (bicyclic) bond motifs is 1. The van der Waals surface area contributed by atoms with Crippen LogP contribution in [0.15, 0.2) is 42.5 Å². The van der Waals surface area contributed by atoms with Crippen molar-refractivity contribution in [2.45, 2.75) is 25.8 Å². The molecule has 126 valence electrons. The standard InChI is InChI=1S/C18H20N2O3S/c1-24(22,23)20-17-7-2-4-13(10-17)12-19-18(21)16-9-8-14-5-3-6-15(14)11-16/h2,4,7-11,20H,3,5-6,12H2,1H3,(H,19,21). The molecular weight excluding hydrogens is 324 g/mol. The van der Waals surface area contributed by atoms with Crippen molar-refractivity contribution >= 4 is 21.6 Å². The highest BCUT2D eigenvalue weighted by molar-refractivity contribution is 7.92. The van der Waals surface area contributed by atoms with Gasteiger partial charge in [-0.05, 0) is 60.2 Å².